The Morgan fingerprint density at radius 1 is 1.15 bits per heavy atom. The molecule has 3 rings (SSSR count). The molecule has 0 saturated carbocycles. The van der Waals surface area contributed by atoms with E-state index in [0.717, 1.165) is 37.7 Å². The van der Waals surface area contributed by atoms with Crippen LogP contribution in [0.5, 0.6) is 5.75 Å². The number of furan rings is 1. The Kier molecular flexibility index (Phi) is 6.01. The average Bonchev–Trinajstić information content (AvgIpc) is 3.23. The first-order valence-electron chi connectivity index (χ1n) is 8.69. The minimum absolute atomic E-state index is 0.0119. The number of piperazine rings is 1. The van der Waals surface area contributed by atoms with Gasteiger partial charge in [-0.15, -0.1) is 0 Å². The van der Waals surface area contributed by atoms with E-state index in [9.17, 15) is 4.79 Å². The molecule has 1 N–H and O–H groups in total. The summed E-state index contributed by atoms with van der Waals surface area (Å²) < 4.78 is 15.5. The summed E-state index contributed by atoms with van der Waals surface area (Å²) in [6.45, 7) is 4.01. The van der Waals surface area contributed by atoms with Gasteiger partial charge in [-0.2, -0.15) is 0 Å². The molecule has 1 aromatic heterocycles. The van der Waals surface area contributed by atoms with Crippen LogP contribution in [-0.2, 0) is 4.74 Å². The van der Waals surface area contributed by atoms with Crippen molar-refractivity contribution in [2.45, 2.75) is 6.04 Å². The van der Waals surface area contributed by atoms with Gasteiger partial charge in [-0.05, 0) is 36.4 Å². The predicted octanol–water partition coefficient (Wildman–Crippen LogP) is 2.51. The van der Waals surface area contributed by atoms with Crippen molar-refractivity contribution >= 4 is 11.8 Å². The summed E-state index contributed by atoms with van der Waals surface area (Å²) in [6, 6.07) is 11.9. The van der Waals surface area contributed by atoms with Crippen molar-refractivity contribution in [3.63, 3.8) is 0 Å². The van der Waals surface area contributed by atoms with Crippen molar-refractivity contribution in [2.75, 3.05) is 51.8 Å². The number of amides is 1. The highest BCUT2D eigenvalue weighted by atomic mass is 16.5. The zero-order valence-corrected chi connectivity index (χ0v) is 15.2. The lowest BCUT2D eigenvalue weighted by molar-refractivity contribution is 0.145. The molecular weight excluding hydrogens is 334 g/mol. The van der Waals surface area contributed by atoms with Crippen molar-refractivity contribution in [1.29, 1.82) is 0 Å². The molecule has 1 saturated heterocycles. The van der Waals surface area contributed by atoms with Gasteiger partial charge in [0.25, 0.3) is 0 Å². The zero-order chi connectivity index (χ0) is 18.4. The molecular formula is C19H25N3O4. The van der Waals surface area contributed by atoms with Gasteiger partial charge < -0.3 is 24.1 Å². The van der Waals surface area contributed by atoms with Crippen LogP contribution in [0.1, 0.15) is 11.8 Å². The summed E-state index contributed by atoms with van der Waals surface area (Å²) in [7, 11) is 3.04. The Bertz CT molecular complexity index is 679. The number of hydrogen-bond acceptors (Lipinski definition) is 6. The van der Waals surface area contributed by atoms with Gasteiger partial charge in [0, 0.05) is 38.4 Å². The first kappa shape index (κ1) is 18.1. The second-order valence-electron chi connectivity index (χ2n) is 6.12. The largest absolute Gasteiger partial charge is 0.497 e. The topological polar surface area (TPSA) is 67.2 Å². The zero-order valence-electron chi connectivity index (χ0n) is 15.2. The van der Waals surface area contributed by atoms with Crippen LogP contribution in [0.2, 0.25) is 0 Å². The van der Waals surface area contributed by atoms with Crippen LogP contribution < -0.4 is 15.0 Å². The van der Waals surface area contributed by atoms with Gasteiger partial charge in [0.1, 0.15) is 11.5 Å². The molecule has 2 aromatic rings. The minimum Gasteiger partial charge on any atom is -0.497 e. The van der Waals surface area contributed by atoms with Crippen molar-refractivity contribution in [3.05, 3.63) is 48.4 Å². The Morgan fingerprint density at radius 2 is 1.88 bits per heavy atom. The molecule has 7 nitrogen and oxygen atoms in total. The molecule has 1 aromatic carbocycles. The molecule has 0 unspecified atom stereocenters. The molecule has 1 atom stereocenters. The van der Waals surface area contributed by atoms with Gasteiger partial charge in [-0.25, -0.2) is 4.79 Å². The Balaban J connectivity index is 1.62. The fourth-order valence-electron chi connectivity index (χ4n) is 3.23. The summed E-state index contributed by atoms with van der Waals surface area (Å²) >= 11 is 0. The Hall–Kier alpha value is -2.67. The number of methoxy groups -OCH3 is 2. The Labute approximate surface area is 153 Å². The fraction of sp³-hybridized carbons (Fsp3) is 0.421. The van der Waals surface area contributed by atoms with Crippen LogP contribution in [0.15, 0.2) is 47.1 Å². The molecule has 0 radical (unpaired) electrons. The quantitative estimate of drug-likeness (QED) is 0.855. The van der Waals surface area contributed by atoms with E-state index in [1.165, 1.54) is 12.8 Å². The van der Waals surface area contributed by atoms with Gasteiger partial charge in [0.2, 0.25) is 0 Å². The van der Waals surface area contributed by atoms with Gasteiger partial charge in [0.05, 0.1) is 26.5 Å². The van der Waals surface area contributed by atoms with Gasteiger partial charge >= 0.3 is 6.09 Å². The monoisotopic (exact) mass is 359 g/mol. The van der Waals surface area contributed by atoms with E-state index in [1.54, 1.807) is 13.4 Å². The van der Waals surface area contributed by atoms with Crippen LogP contribution in [0.3, 0.4) is 0 Å². The third kappa shape index (κ3) is 4.29. The minimum atomic E-state index is -0.432. The van der Waals surface area contributed by atoms with Crippen molar-refractivity contribution < 1.29 is 18.7 Å². The number of ether oxygens (including phenoxy) is 2. The average molecular weight is 359 g/mol. The van der Waals surface area contributed by atoms with Crippen molar-refractivity contribution in [3.8, 4) is 5.75 Å². The maximum atomic E-state index is 11.5. The Morgan fingerprint density at radius 3 is 2.46 bits per heavy atom. The lowest BCUT2D eigenvalue weighted by Crippen LogP contribution is -2.49. The maximum absolute atomic E-state index is 11.5. The third-order valence-corrected chi connectivity index (χ3v) is 4.69. The van der Waals surface area contributed by atoms with Gasteiger partial charge in [-0.3, -0.25) is 4.90 Å². The number of alkyl carbamates (subject to hydrolysis) is 1. The lowest BCUT2D eigenvalue weighted by atomic mass is 10.1. The summed E-state index contributed by atoms with van der Waals surface area (Å²) in [5, 5.41) is 2.78. The molecule has 26 heavy (non-hydrogen) atoms. The third-order valence-electron chi connectivity index (χ3n) is 4.69. The predicted molar refractivity (Wildman–Crippen MR) is 98.6 cm³/mol. The number of benzene rings is 1. The van der Waals surface area contributed by atoms with E-state index in [1.807, 2.05) is 24.3 Å². The van der Waals surface area contributed by atoms with Crippen molar-refractivity contribution in [1.82, 2.24) is 10.2 Å². The van der Waals surface area contributed by atoms with E-state index in [4.69, 9.17) is 9.15 Å². The molecule has 140 valence electrons. The number of carbonyl (C=O) groups is 1. The van der Waals surface area contributed by atoms with E-state index in [0.29, 0.717) is 6.54 Å². The highest BCUT2D eigenvalue weighted by Gasteiger charge is 2.27. The molecule has 1 amide bonds. The van der Waals surface area contributed by atoms with Crippen LogP contribution >= 0.6 is 0 Å². The van der Waals surface area contributed by atoms with E-state index >= 15 is 0 Å². The number of rotatable bonds is 6. The van der Waals surface area contributed by atoms with Crippen LogP contribution in [-0.4, -0.2) is 57.9 Å². The summed E-state index contributed by atoms with van der Waals surface area (Å²) in [5.74, 6) is 1.71. The second kappa shape index (κ2) is 8.62. The lowest BCUT2D eigenvalue weighted by Gasteiger charge is -2.39. The molecule has 1 fully saturated rings. The number of anilines is 1. The van der Waals surface area contributed by atoms with Gasteiger partial charge in [0.15, 0.2) is 0 Å². The molecule has 2 heterocycles. The number of nitrogens with zero attached hydrogens (tertiary/aromatic N) is 2. The molecule has 0 aliphatic carbocycles. The molecule has 0 bridgehead atoms. The number of carbonyl (C=O) groups excluding carboxylic acids is 1. The number of hydrogen-bond donors (Lipinski definition) is 1. The maximum Gasteiger partial charge on any atom is 0.406 e. The first-order valence-corrected chi connectivity index (χ1v) is 8.69. The van der Waals surface area contributed by atoms with Crippen LogP contribution in [0, 0.1) is 0 Å². The van der Waals surface area contributed by atoms with E-state index < -0.39 is 6.09 Å². The van der Waals surface area contributed by atoms with Crippen LogP contribution in [0.4, 0.5) is 10.5 Å². The highest BCUT2D eigenvalue weighted by Crippen LogP contribution is 2.25. The first-order chi connectivity index (χ1) is 12.7. The van der Waals surface area contributed by atoms with E-state index in [2.05, 4.69) is 32.0 Å². The highest BCUT2D eigenvalue weighted by molar-refractivity contribution is 5.66. The fourth-order valence-corrected chi connectivity index (χ4v) is 3.23. The summed E-state index contributed by atoms with van der Waals surface area (Å²) in [6.07, 6.45) is 1.23. The van der Waals surface area contributed by atoms with E-state index in [-0.39, 0.29) is 6.04 Å². The molecule has 7 heteroatoms. The SMILES string of the molecule is COC(=O)NC[C@@H](c1ccco1)N1CCN(c2ccc(OC)cc2)CC1. The standard InChI is InChI=1S/C19H25N3O4/c1-24-16-7-5-15(6-8-16)21-9-11-22(12-10-21)17(14-20-19(23)25-2)18-4-3-13-26-18/h3-8,13,17H,9-12,14H2,1-2H3,(H,20,23)/t17-/m0/s1. The van der Waals surface area contributed by atoms with Crippen LogP contribution in [0.25, 0.3) is 0 Å². The normalized spacial score (nSPS) is 16.2. The van der Waals surface area contributed by atoms with Crippen molar-refractivity contribution in [2.24, 2.45) is 0 Å². The molecule has 0 spiro atoms. The smallest absolute Gasteiger partial charge is 0.406 e. The summed E-state index contributed by atoms with van der Waals surface area (Å²) in [5.41, 5.74) is 1.19. The van der Waals surface area contributed by atoms with Gasteiger partial charge in [-0.1, -0.05) is 0 Å². The molecule has 1 aliphatic rings. The second-order valence-corrected chi connectivity index (χ2v) is 6.12. The summed E-state index contributed by atoms with van der Waals surface area (Å²) in [4.78, 5) is 16.1. The molecule has 1 aliphatic heterocycles. The number of nitrogens with one attached hydrogen (secondary N) is 1.